The first-order chi connectivity index (χ1) is 13.7. The Morgan fingerprint density at radius 3 is 2.43 bits per heavy atom. The van der Waals surface area contributed by atoms with Gasteiger partial charge in [0.2, 0.25) is 0 Å². The Balaban J connectivity index is 1.48. The van der Waals surface area contributed by atoms with Gasteiger partial charge in [-0.05, 0) is 42.5 Å². The zero-order valence-electron chi connectivity index (χ0n) is 16.1. The molecule has 1 fully saturated rings. The van der Waals surface area contributed by atoms with Crippen molar-refractivity contribution < 1.29 is 4.74 Å². The molecule has 0 saturated carbocycles. The van der Waals surface area contributed by atoms with E-state index in [1.165, 1.54) is 5.56 Å². The molecule has 0 spiro atoms. The summed E-state index contributed by atoms with van der Waals surface area (Å²) >= 11 is 0. The van der Waals surface area contributed by atoms with Crippen LogP contribution in [0.25, 0.3) is 11.3 Å². The van der Waals surface area contributed by atoms with Crippen molar-refractivity contribution in [3.05, 3.63) is 82.6 Å². The average molecular weight is 375 g/mol. The summed E-state index contributed by atoms with van der Waals surface area (Å²) in [7, 11) is 1.64. The molecule has 0 unspecified atom stereocenters. The Morgan fingerprint density at radius 2 is 1.68 bits per heavy atom. The van der Waals surface area contributed by atoms with E-state index in [0.717, 1.165) is 42.9 Å². The molecule has 2 aromatic carbocycles. The number of nitrogens with zero attached hydrogens (tertiary/aromatic N) is 3. The molecule has 1 aliphatic heterocycles. The van der Waals surface area contributed by atoms with E-state index in [-0.39, 0.29) is 5.56 Å². The topological polar surface area (TPSA) is 47.4 Å². The maximum atomic E-state index is 12.4. The zero-order valence-corrected chi connectivity index (χ0v) is 16.1. The third-order valence-electron chi connectivity index (χ3n) is 5.44. The summed E-state index contributed by atoms with van der Waals surface area (Å²) in [6.07, 6.45) is 2.20. The molecule has 2 heterocycles. The van der Waals surface area contributed by atoms with Gasteiger partial charge in [-0.2, -0.15) is 5.10 Å². The number of hydrogen-bond donors (Lipinski definition) is 0. The normalized spacial score (nSPS) is 15.5. The van der Waals surface area contributed by atoms with Crippen LogP contribution in [0, 0.1) is 0 Å². The minimum atomic E-state index is -0.0798. The highest BCUT2D eigenvalue weighted by atomic mass is 16.5. The van der Waals surface area contributed by atoms with Crippen LogP contribution in [0.2, 0.25) is 0 Å². The van der Waals surface area contributed by atoms with E-state index < -0.39 is 0 Å². The number of benzene rings is 2. The lowest BCUT2D eigenvalue weighted by atomic mass is 9.90. The first-order valence-corrected chi connectivity index (χ1v) is 9.73. The lowest BCUT2D eigenvalue weighted by molar-refractivity contribution is 0.158. The van der Waals surface area contributed by atoms with Crippen LogP contribution in [0.1, 0.15) is 24.3 Å². The van der Waals surface area contributed by atoms with E-state index in [9.17, 15) is 4.79 Å². The van der Waals surface area contributed by atoms with Gasteiger partial charge in [-0.25, -0.2) is 4.68 Å². The predicted molar refractivity (Wildman–Crippen MR) is 110 cm³/mol. The summed E-state index contributed by atoms with van der Waals surface area (Å²) in [6, 6.07) is 21.8. The van der Waals surface area contributed by atoms with E-state index >= 15 is 0 Å². The number of rotatable bonds is 5. The van der Waals surface area contributed by atoms with Crippen molar-refractivity contribution in [1.82, 2.24) is 14.7 Å². The van der Waals surface area contributed by atoms with Crippen molar-refractivity contribution in [2.24, 2.45) is 0 Å². The minimum absolute atomic E-state index is 0.0798. The lowest BCUT2D eigenvalue weighted by Crippen LogP contribution is -2.38. The van der Waals surface area contributed by atoms with Crippen LogP contribution in [-0.2, 0) is 6.67 Å². The number of aromatic nitrogens is 2. The van der Waals surface area contributed by atoms with Crippen LogP contribution in [0.15, 0.2) is 71.5 Å². The third kappa shape index (κ3) is 3.99. The van der Waals surface area contributed by atoms with Gasteiger partial charge in [0, 0.05) is 24.7 Å². The van der Waals surface area contributed by atoms with Gasteiger partial charge in [0.25, 0.3) is 5.56 Å². The van der Waals surface area contributed by atoms with E-state index in [4.69, 9.17) is 4.74 Å². The molecule has 144 valence electrons. The Bertz CT molecular complexity index is 976. The highest BCUT2D eigenvalue weighted by Crippen LogP contribution is 2.29. The molecule has 1 aromatic heterocycles. The van der Waals surface area contributed by atoms with Gasteiger partial charge in [-0.3, -0.25) is 9.69 Å². The monoisotopic (exact) mass is 375 g/mol. The molecular weight excluding hydrogens is 350 g/mol. The molecule has 0 bridgehead atoms. The van der Waals surface area contributed by atoms with Crippen LogP contribution in [0.5, 0.6) is 5.75 Å². The number of piperidine rings is 1. The molecule has 1 saturated heterocycles. The fraction of sp³-hybridized carbons (Fsp3) is 0.304. The molecular formula is C23H25N3O2. The van der Waals surface area contributed by atoms with Crippen LogP contribution < -0.4 is 10.3 Å². The standard InChI is InChI=1S/C23H25N3O2/c1-28-22-10-6-5-9-20(22)21-11-12-23(27)26(24-21)17-25-15-13-19(14-16-25)18-7-3-2-4-8-18/h2-12,19H,13-17H2,1H3. The van der Waals surface area contributed by atoms with Crippen molar-refractivity contribution in [1.29, 1.82) is 0 Å². The van der Waals surface area contributed by atoms with E-state index in [1.54, 1.807) is 23.9 Å². The van der Waals surface area contributed by atoms with Gasteiger partial charge in [-0.15, -0.1) is 0 Å². The summed E-state index contributed by atoms with van der Waals surface area (Å²) in [5, 5.41) is 4.60. The van der Waals surface area contributed by atoms with Crippen molar-refractivity contribution >= 4 is 0 Å². The van der Waals surface area contributed by atoms with Crippen molar-refractivity contribution in [3.63, 3.8) is 0 Å². The summed E-state index contributed by atoms with van der Waals surface area (Å²) in [6.45, 7) is 2.45. The number of methoxy groups -OCH3 is 1. The van der Waals surface area contributed by atoms with Crippen LogP contribution >= 0.6 is 0 Å². The van der Waals surface area contributed by atoms with E-state index in [1.807, 2.05) is 24.3 Å². The van der Waals surface area contributed by atoms with Gasteiger partial charge < -0.3 is 4.74 Å². The van der Waals surface area contributed by atoms with Crippen molar-refractivity contribution in [2.45, 2.75) is 25.4 Å². The molecule has 3 aromatic rings. The summed E-state index contributed by atoms with van der Waals surface area (Å²) < 4.78 is 7.00. The van der Waals surface area contributed by atoms with Gasteiger partial charge in [0.1, 0.15) is 5.75 Å². The second kappa shape index (κ2) is 8.40. The summed E-state index contributed by atoms with van der Waals surface area (Å²) in [5.74, 6) is 1.35. The van der Waals surface area contributed by atoms with Gasteiger partial charge in [-0.1, -0.05) is 42.5 Å². The fourth-order valence-corrected chi connectivity index (χ4v) is 3.87. The molecule has 0 atom stereocenters. The number of para-hydroxylation sites is 1. The minimum Gasteiger partial charge on any atom is -0.496 e. The van der Waals surface area contributed by atoms with Crippen LogP contribution in [0.3, 0.4) is 0 Å². The Labute approximate surface area is 165 Å². The smallest absolute Gasteiger partial charge is 0.268 e. The van der Waals surface area contributed by atoms with Gasteiger partial charge in [0.15, 0.2) is 0 Å². The van der Waals surface area contributed by atoms with Gasteiger partial charge in [0.05, 0.1) is 19.5 Å². The average Bonchev–Trinajstić information content (AvgIpc) is 2.76. The van der Waals surface area contributed by atoms with Crippen molar-refractivity contribution in [2.75, 3.05) is 20.2 Å². The van der Waals surface area contributed by atoms with Gasteiger partial charge >= 0.3 is 0 Å². The maximum Gasteiger partial charge on any atom is 0.268 e. The van der Waals surface area contributed by atoms with E-state index in [2.05, 4.69) is 40.3 Å². The lowest BCUT2D eigenvalue weighted by Gasteiger charge is -2.32. The molecule has 28 heavy (non-hydrogen) atoms. The Kier molecular flexibility index (Phi) is 5.53. The fourth-order valence-electron chi connectivity index (χ4n) is 3.87. The highest BCUT2D eigenvalue weighted by Gasteiger charge is 2.21. The van der Waals surface area contributed by atoms with Crippen LogP contribution in [-0.4, -0.2) is 34.9 Å². The molecule has 4 rings (SSSR count). The summed E-state index contributed by atoms with van der Waals surface area (Å²) in [5.41, 5.74) is 2.97. The Hall–Kier alpha value is -2.92. The molecule has 1 aliphatic rings. The SMILES string of the molecule is COc1ccccc1-c1ccc(=O)n(CN2CCC(c3ccccc3)CC2)n1. The molecule has 0 aliphatic carbocycles. The van der Waals surface area contributed by atoms with Crippen LogP contribution in [0.4, 0.5) is 0 Å². The largest absolute Gasteiger partial charge is 0.496 e. The first kappa shape index (κ1) is 18.4. The number of hydrogen-bond acceptors (Lipinski definition) is 4. The van der Waals surface area contributed by atoms with E-state index in [0.29, 0.717) is 12.6 Å². The van der Waals surface area contributed by atoms with Crippen molar-refractivity contribution in [3.8, 4) is 17.0 Å². The molecule has 0 amide bonds. The predicted octanol–water partition coefficient (Wildman–Crippen LogP) is 3.76. The zero-order chi connectivity index (χ0) is 19.3. The molecule has 0 radical (unpaired) electrons. The Morgan fingerprint density at radius 1 is 0.964 bits per heavy atom. The maximum absolute atomic E-state index is 12.4. The quantitative estimate of drug-likeness (QED) is 0.681. The number of likely N-dealkylation sites (tertiary alicyclic amines) is 1. The molecule has 5 heteroatoms. The second-order valence-corrected chi connectivity index (χ2v) is 7.20. The summed E-state index contributed by atoms with van der Waals surface area (Å²) in [4.78, 5) is 14.7. The highest BCUT2D eigenvalue weighted by molar-refractivity contribution is 5.66. The molecule has 5 nitrogen and oxygen atoms in total. The molecule has 0 N–H and O–H groups in total. The first-order valence-electron chi connectivity index (χ1n) is 9.73. The third-order valence-corrected chi connectivity index (χ3v) is 5.44. The number of ether oxygens (including phenoxy) is 1. The second-order valence-electron chi connectivity index (χ2n) is 7.20.